The molecule has 250 valence electrons. The summed E-state index contributed by atoms with van der Waals surface area (Å²) in [7, 11) is 3.06. The molecular formula is C35H29Cl2FN6O5. The number of nitrogens with zero attached hydrogens (tertiary/aromatic N) is 6. The van der Waals surface area contributed by atoms with Gasteiger partial charge in [-0.15, -0.1) is 5.10 Å². The van der Waals surface area contributed by atoms with Crippen LogP contribution in [-0.4, -0.2) is 75.9 Å². The number of aryl methyl sites for hydroxylation is 1. The topological polar surface area (TPSA) is 112 Å². The molecule has 14 heteroatoms. The summed E-state index contributed by atoms with van der Waals surface area (Å²) in [5.41, 5.74) is 5.02. The van der Waals surface area contributed by atoms with Gasteiger partial charge in [-0.05, 0) is 42.7 Å². The maximum Gasteiger partial charge on any atom is 0.340 e. The van der Waals surface area contributed by atoms with E-state index in [0.717, 1.165) is 18.4 Å². The number of anilines is 1. The molecule has 5 heterocycles. The fraction of sp³-hybridized carbons (Fsp3) is 0.286. The molecule has 1 amide bonds. The van der Waals surface area contributed by atoms with Gasteiger partial charge < -0.3 is 24.0 Å². The van der Waals surface area contributed by atoms with Crippen molar-refractivity contribution < 1.29 is 28.2 Å². The maximum atomic E-state index is 15.9. The van der Waals surface area contributed by atoms with Crippen LogP contribution in [-0.2, 0) is 23.1 Å². The smallest absolute Gasteiger partial charge is 0.340 e. The van der Waals surface area contributed by atoms with Gasteiger partial charge in [0.15, 0.2) is 6.73 Å². The van der Waals surface area contributed by atoms with Crippen molar-refractivity contribution in [3.8, 4) is 28.0 Å². The molecule has 0 aliphatic carbocycles. The van der Waals surface area contributed by atoms with E-state index >= 15 is 4.39 Å². The van der Waals surface area contributed by atoms with Crippen LogP contribution < -0.4 is 9.64 Å². The first-order valence-corrected chi connectivity index (χ1v) is 16.4. The van der Waals surface area contributed by atoms with Gasteiger partial charge >= 0.3 is 5.97 Å². The number of rotatable bonds is 5. The molecule has 2 bridgehead atoms. The Morgan fingerprint density at radius 3 is 2.49 bits per heavy atom. The summed E-state index contributed by atoms with van der Waals surface area (Å²) in [6.07, 6.45) is 5.14. The number of hydrogen-bond donors (Lipinski definition) is 0. The molecule has 3 aromatic carbocycles. The van der Waals surface area contributed by atoms with Crippen molar-refractivity contribution in [2.75, 3.05) is 32.0 Å². The van der Waals surface area contributed by atoms with Crippen molar-refractivity contribution in [2.24, 2.45) is 7.05 Å². The minimum atomic E-state index is -0.611. The van der Waals surface area contributed by atoms with E-state index < -0.39 is 17.7 Å². The van der Waals surface area contributed by atoms with Crippen molar-refractivity contribution in [2.45, 2.75) is 31.5 Å². The normalized spacial score (nSPS) is 18.4. The first kappa shape index (κ1) is 31.5. The highest BCUT2D eigenvalue weighted by molar-refractivity contribution is 6.40. The van der Waals surface area contributed by atoms with Gasteiger partial charge in [-0.25, -0.2) is 13.9 Å². The quantitative estimate of drug-likeness (QED) is 0.195. The Kier molecular flexibility index (Phi) is 7.89. The number of amides is 1. The number of esters is 1. The van der Waals surface area contributed by atoms with Crippen LogP contribution in [0, 0.1) is 5.82 Å². The molecule has 49 heavy (non-hydrogen) atoms. The van der Waals surface area contributed by atoms with Crippen LogP contribution in [0.3, 0.4) is 0 Å². The minimum absolute atomic E-state index is 0.0751. The molecule has 8 rings (SSSR count). The summed E-state index contributed by atoms with van der Waals surface area (Å²) < 4.78 is 34.5. The van der Waals surface area contributed by atoms with E-state index in [9.17, 15) is 9.59 Å². The van der Waals surface area contributed by atoms with Gasteiger partial charge in [-0.2, -0.15) is 0 Å². The molecule has 11 nitrogen and oxygen atoms in total. The van der Waals surface area contributed by atoms with Crippen LogP contribution in [0.25, 0.3) is 33.3 Å². The number of benzene rings is 3. The average molecular weight is 704 g/mol. The first-order chi connectivity index (χ1) is 23.7. The van der Waals surface area contributed by atoms with Crippen LogP contribution in [0.4, 0.5) is 10.1 Å². The molecule has 2 fully saturated rings. The molecule has 0 saturated carbocycles. The third kappa shape index (κ3) is 5.25. The van der Waals surface area contributed by atoms with Crippen LogP contribution in [0.15, 0.2) is 54.9 Å². The zero-order chi connectivity index (χ0) is 34.0. The number of carbonyl (C=O) groups is 2. The van der Waals surface area contributed by atoms with Crippen molar-refractivity contribution in [1.82, 2.24) is 24.9 Å². The Balaban J connectivity index is 1.11. The zero-order valence-electron chi connectivity index (χ0n) is 26.5. The molecule has 2 atom stereocenters. The number of carbonyl (C=O) groups excluding carboxylic acids is 2. The lowest BCUT2D eigenvalue weighted by Crippen LogP contribution is -2.46. The fourth-order valence-corrected chi connectivity index (χ4v) is 7.79. The van der Waals surface area contributed by atoms with Gasteiger partial charge in [0.1, 0.15) is 22.6 Å². The Morgan fingerprint density at radius 1 is 1.00 bits per heavy atom. The largest absolute Gasteiger partial charge is 0.472 e. The molecular weight excluding hydrogens is 674 g/mol. The van der Waals surface area contributed by atoms with E-state index in [4.69, 9.17) is 37.4 Å². The number of ether oxygens (including phenoxy) is 3. The van der Waals surface area contributed by atoms with Crippen LogP contribution in [0.1, 0.15) is 39.1 Å². The Bertz CT molecular complexity index is 2140. The van der Waals surface area contributed by atoms with Crippen molar-refractivity contribution in [1.29, 1.82) is 0 Å². The fourth-order valence-electron chi connectivity index (χ4n) is 7.14. The standard InChI is InChI=1S/C35H29Cl2FN6O5/c1-42-30-13-39-12-25(32(30)40-41-42)19-8-26(36)31(27(37)9-19)34(45)43-14-18-4-3-5-22(33(18)49-17-43)23-11-29(24(10-28(23)38)35(46)47-2)44-20-6-7-21(44)16-48-15-20/h3-5,8-13,20-21H,6-7,14-17H2,1-2H3. The average Bonchev–Trinajstić information content (AvgIpc) is 3.60. The van der Waals surface area contributed by atoms with E-state index in [1.54, 1.807) is 54.5 Å². The predicted octanol–water partition coefficient (Wildman–Crippen LogP) is 6.29. The van der Waals surface area contributed by atoms with Crippen molar-refractivity contribution in [3.05, 3.63) is 87.4 Å². The summed E-state index contributed by atoms with van der Waals surface area (Å²) in [4.78, 5) is 34.6. The number of methoxy groups -OCH3 is 1. The first-order valence-electron chi connectivity index (χ1n) is 15.7. The molecule has 3 aliphatic rings. The van der Waals surface area contributed by atoms with Gasteiger partial charge in [0.2, 0.25) is 0 Å². The van der Waals surface area contributed by atoms with Crippen LogP contribution in [0.2, 0.25) is 10.0 Å². The molecule has 2 unspecified atom stereocenters. The highest BCUT2D eigenvalue weighted by atomic mass is 35.5. The van der Waals surface area contributed by atoms with Crippen LogP contribution in [0.5, 0.6) is 5.75 Å². The maximum absolute atomic E-state index is 15.9. The van der Waals surface area contributed by atoms with E-state index in [1.165, 1.54) is 18.1 Å². The number of pyridine rings is 1. The second kappa shape index (κ2) is 12.3. The number of fused-ring (bicyclic) bond motifs is 4. The highest BCUT2D eigenvalue weighted by Gasteiger charge is 2.40. The van der Waals surface area contributed by atoms with Crippen molar-refractivity contribution in [3.63, 3.8) is 0 Å². The van der Waals surface area contributed by atoms with Crippen molar-refractivity contribution >= 4 is 51.8 Å². The van der Waals surface area contributed by atoms with Gasteiger partial charge in [0, 0.05) is 35.5 Å². The Hall–Kier alpha value is -4.78. The lowest BCUT2D eigenvalue weighted by Gasteiger charge is -2.37. The highest BCUT2D eigenvalue weighted by Crippen LogP contribution is 2.44. The molecule has 0 radical (unpaired) electrons. The van der Waals surface area contributed by atoms with Gasteiger partial charge in [0.25, 0.3) is 5.91 Å². The molecule has 2 aromatic heterocycles. The SMILES string of the molecule is COC(=O)c1cc(F)c(-c2cccc3c2OCN(C(=O)c2c(Cl)cc(-c4cncc5c4nnn5C)cc2Cl)C3)cc1N1C2CCC1COC2. The van der Waals surface area contributed by atoms with Gasteiger partial charge in [-0.3, -0.25) is 9.78 Å². The van der Waals surface area contributed by atoms with Gasteiger partial charge in [0.05, 0.1) is 72.0 Å². The van der Waals surface area contributed by atoms with Crippen LogP contribution >= 0.6 is 23.2 Å². The number of aromatic nitrogens is 4. The number of morpholine rings is 1. The van der Waals surface area contributed by atoms with E-state index in [1.807, 2.05) is 6.07 Å². The summed E-state index contributed by atoms with van der Waals surface area (Å²) in [5, 5.41) is 8.62. The molecule has 2 saturated heterocycles. The molecule has 0 spiro atoms. The second-order valence-corrected chi connectivity index (χ2v) is 13.1. The van der Waals surface area contributed by atoms with E-state index in [2.05, 4.69) is 20.2 Å². The summed E-state index contributed by atoms with van der Waals surface area (Å²) in [6.45, 7) is 1.11. The molecule has 5 aromatic rings. The Morgan fingerprint density at radius 2 is 1.76 bits per heavy atom. The zero-order valence-corrected chi connectivity index (χ0v) is 28.0. The Labute approximate surface area is 290 Å². The van der Waals surface area contributed by atoms with Gasteiger partial charge in [-0.1, -0.05) is 46.6 Å². The lowest BCUT2D eigenvalue weighted by atomic mass is 9.96. The summed E-state index contributed by atoms with van der Waals surface area (Å²) in [6, 6.07) is 11.8. The third-order valence-corrected chi connectivity index (χ3v) is 10.1. The van der Waals surface area contributed by atoms with E-state index in [-0.39, 0.29) is 52.1 Å². The third-order valence-electron chi connectivity index (χ3n) is 9.50. The molecule has 0 N–H and O–H groups in total. The summed E-state index contributed by atoms with van der Waals surface area (Å²) >= 11 is 13.4. The lowest BCUT2D eigenvalue weighted by molar-refractivity contribution is 0.0515. The molecule has 3 aliphatic heterocycles. The second-order valence-electron chi connectivity index (χ2n) is 12.3. The minimum Gasteiger partial charge on any atom is -0.472 e. The number of hydrogen-bond acceptors (Lipinski definition) is 9. The number of halogens is 3. The monoisotopic (exact) mass is 702 g/mol. The predicted molar refractivity (Wildman–Crippen MR) is 180 cm³/mol. The summed E-state index contributed by atoms with van der Waals surface area (Å²) in [5.74, 6) is -1.18. The number of para-hydroxylation sites is 1. The van der Waals surface area contributed by atoms with E-state index in [0.29, 0.717) is 52.4 Å².